The maximum Gasteiger partial charge on any atom is 0.260 e. The number of fused-ring (bicyclic) bond motifs is 1. The smallest absolute Gasteiger partial charge is 0.260 e. The summed E-state index contributed by atoms with van der Waals surface area (Å²) in [5.41, 5.74) is 3.61. The van der Waals surface area contributed by atoms with E-state index < -0.39 is 0 Å². The number of nitrogens with one attached hydrogen (secondary N) is 3. The molecule has 1 aliphatic rings. The highest BCUT2D eigenvalue weighted by Gasteiger charge is 2.30. The summed E-state index contributed by atoms with van der Waals surface area (Å²) in [7, 11) is 0. The molecule has 38 heavy (non-hydrogen) atoms. The third-order valence-corrected chi connectivity index (χ3v) is 6.99. The Balaban J connectivity index is 1.41. The van der Waals surface area contributed by atoms with Crippen molar-refractivity contribution in [1.82, 2.24) is 14.7 Å². The highest BCUT2D eigenvalue weighted by molar-refractivity contribution is 7.11. The third-order valence-electron chi connectivity index (χ3n) is 6.23. The number of hydrogen-bond acceptors (Lipinski definition) is 10. The van der Waals surface area contributed by atoms with Gasteiger partial charge in [0.05, 0.1) is 53.5 Å². The van der Waals surface area contributed by atoms with E-state index in [0.717, 1.165) is 17.1 Å². The van der Waals surface area contributed by atoms with Crippen LogP contribution in [0.25, 0.3) is 0 Å². The van der Waals surface area contributed by atoms with Gasteiger partial charge in [0.25, 0.3) is 5.91 Å². The average Bonchev–Trinajstić information content (AvgIpc) is 3.68. The molecule has 0 saturated carbocycles. The Labute approximate surface area is 221 Å². The van der Waals surface area contributed by atoms with Gasteiger partial charge in [-0.2, -0.15) is 14.9 Å². The summed E-state index contributed by atoms with van der Waals surface area (Å²) < 4.78 is 9.24. The summed E-state index contributed by atoms with van der Waals surface area (Å²) in [6.07, 6.45) is 5.06. The first-order chi connectivity index (χ1) is 18.4. The molecule has 0 radical (unpaired) electrons. The number of carbonyl (C=O) groups excluding carboxylic acids is 1. The first kappa shape index (κ1) is 24.5. The molecule has 4 aromatic rings. The molecule has 0 atom stereocenters. The molecule has 4 heterocycles. The zero-order valence-corrected chi connectivity index (χ0v) is 20.9. The Morgan fingerprint density at radius 1 is 1.32 bits per heavy atom. The fraction of sp³-hybridized carbons (Fsp3) is 0.154. The Bertz CT molecular complexity index is 1650. The van der Waals surface area contributed by atoms with Crippen LogP contribution < -0.4 is 15.5 Å². The summed E-state index contributed by atoms with van der Waals surface area (Å²) in [4.78, 5) is 19.4. The standard InChI is InChI=1S/C26H20N8O3S/c1-14-19(26(36)34-5-4-18-16(10-28)7-15(9-27)8-21(18)34)12-30-13-20(14)32-25-22(24(35)33-38-25)23(29)31-11-17-3-2-6-37-17/h2-3,6-8,12-13,32H,4-5,11H2,1H3,(H2,29,31)(H,33,35). The number of amidine groups is 1. The van der Waals surface area contributed by atoms with Gasteiger partial charge in [0.2, 0.25) is 5.88 Å². The van der Waals surface area contributed by atoms with Gasteiger partial charge in [0, 0.05) is 18.4 Å². The van der Waals surface area contributed by atoms with Gasteiger partial charge >= 0.3 is 0 Å². The van der Waals surface area contributed by atoms with Crippen molar-refractivity contribution < 1.29 is 14.3 Å². The lowest BCUT2D eigenvalue weighted by atomic mass is 10.0. The number of pyridine rings is 1. The monoisotopic (exact) mass is 524 g/mol. The lowest BCUT2D eigenvalue weighted by Crippen LogP contribution is -2.29. The lowest BCUT2D eigenvalue weighted by molar-refractivity contribution is 0.0988. The minimum absolute atomic E-state index is 0.0525. The number of aromatic nitrogens is 2. The quantitative estimate of drug-likeness (QED) is 0.215. The first-order valence-electron chi connectivity index (χ1n) is 11.5. The van der Waals surface area contributed by atoms with Gasteiger partial charge < -0.3 is 25.1 Å². The maximum atomic E-state index is 13.6. The second kappa shape index (κ2) is 10.0. The molecule has 0 bridgehead atoms. The number of aromatic hydroxyl groups is 1. The van der Waals surface area contributed by atoms with Crippen molar-refractivity contribution >= 4 is 39.7 Å². The van der Waals surface area contributed by atoms with E-state index in [1.165, 1.54) is 18.5 Å². The molecule has 0 unspecified atom stereocenters. The first-order valence-corrected chi connectivity index (χ1v) is 12.2. The molecule has 1 amide bonds. The van der Waals surface area contributed by atoms with Crippen molar-refractivity contribution in [2.24, 2.45) is 0 Å². The number of anilines is 3. The van der Waals surface area contributed by atoms with Gasteiger partial charge in [0.1, 0.15) is 22.2 Å². The van der Waals surface area contributed by atoms with Crippen LogP contribution in [0.5, 0.6) is 5.88 Å². The summed E-state index contributed by atoms with van der Waals surface area (Å²) in [6, 6.07) is 10.8. The highest BCUT2D eigenvalue weighted by Crippen LogP contribution is 2.36. The Morgan fingerprint density at radius 2 is 2.16 bits per heavy atom. The number of rotatable bonds is 6. The molecule has 0 saturated heterocycles. The molecule has 5 rings (SSSR count). The fourth-order valence-corrected chi connectivity index (χ4v) is 4.99. The number of amides is 1. The van der Waals surface area contributed by atoms with E-state index in [-0.39, 0.29) is 29.7 Å². The number of carbonyl (C=O) groups is 1. The van der Waals surface area contributed by atoms with E-state index in [2.05, 4.69) is 26.1 Å². The average molecular weight is 525 g/mol. The van der Waals surface area contributed by atoms with Crippen molar-refractivity contribution in [3.8, 4) is 18.0 Å². The summed E-state index contributed by atoms with van der Waals surface area (Å²) in [6.45, 7) is 2.39. The molecule has 12 heteroatoms. The van der Waals surface area contributed by atoms with E-state index in [4.69, 9.17) is 9.83 Å². The number of furan rings is 1. The van der Waals surface area contributed by atoms with Gasteiger partial charge in [-0.1, -0.05) is 0 Å². The predicted octanol–water partition coefficient (Wildman–Crippen LogP) is 3.95. The van der Waals surface area contributed by atoms with Gasteiger partial charge in [-0.05, 0) is 60.3 Å². The zero-order valence-electron chi connectivity index (χ0n) is 20.1. The van der Waals surface area contributed by atoms with Crippen LogP contribution in [0.1, 0.15) is 43.9 Å². The molecular weight excluding hydrogens is 504 g/mol. The summed E-state index contributed by atoms with van der Waals surface area (Å²) >= 11 is 0.970. The highest BCUT2D eigenvalue weighted by atomic mass is 32.1. The van der Waals surface area contributed by atoms with E-state index in [0.29, 0.717) is 57.4 Å². The van der Waals surface area contributed by atoms with Gasteiger partial charge in [-0.3, -0.25) is 15.2 Å². The molecule has 0 spiro atoms. The van der Waals surface area contributed by atoms with E-state index in [9.17, 15) is 20.4 Å². The number of nitrogens with zero attached hydrogens (tertiary/aromatic N) is 5. The van der Waals surface area contributed by atoms with E-state index in [1.54, 1.807) is 36.2 Å². The van der Waals surface area contributed by atoms with Gasteiger partial charge in [0.15, 0.2) is 0 Å². The second-order valence-electron chi connectivity index (χ2n) is 8.45. The summed E-state index contributed by atoms with van der Waals surface area (Å²) in [5.74, 6) is -0.0344. The van der Waals surface area contributed by atoms with Crippen LogP contribution in [-0.4, -0.2) is 32.8 Å². The van der Waals surface area contributed by atoms with Crippen LogP contribution in [0.15, 0.2) is 47.3 Å². The van der Waals surface area contributed by atoms with Crippen molar-refractivity contribution in [3.63, 3.8) is 0 Å². The van der Waals surface area contributed by atoms with Crippen molar-refractivity contribution in [2.45, 2.75) is 19.9 Å². The van der Waals surface area contributed by atoms with Crippen LogP contribution in [0.2, 0.25) is 0 Å². The number of nitriles is 2. The van der Waals surface area contributed by atoms with Crippen LogP contribution in [0.4, 0.5) is 16.4 Å². The molecule has 188 valence electrons. The normalized spacial score (nSPS) is 11.9. The van der Waals surface area contributed by atoms with Crippen molar-refractivity contribution in [3.05, 3.63) is 82.1 Å². The molecule has 1 aromatic carbocycles. The number of hydrogen-bond donors (Lipinski definition) is 4. The van der Waals surface area contributed by atoms with Crippen molar-refractivity contribution in [2.75, 3.05) is 16.8 Å². The summed E-state index contributed by atoms with van der Waals surface area (Å²) in [5, 5.41) is 44.0. The van der Waals surface area contributed by atoms with Crippen LogP contribution >= 0.6 is 11.5 Å². The number of benzene rings is 1. The third kappa shape index (κ3) is 4.40. The largest absolute Gasteiger partial charge is 0.492 e. The molecule has 0 fully saturated rings. The second-order valence-corrected chi connectivity index (χ2v) is 9.23. The van der Waals surface area contributed by atoms with Crippen LogP contribution in [0, 0.1) is 35.0 Å². The Hall–Kier alpha value is -5.20. The molecule has 11 nitrogen and oxygen atoms in total. The lowest BCUT2D eigenvalue weighted by Gasteiger charge is -2.20. The van der Waals surface area contributed by atoms with Gasteiger partial charge in [-0.25, -0.2) is 0 Å². The minimum Gasteiger partial charge on any atom is -0.492 e. The minimum atomic E-state index is -0.309. The SMILES string of the molecule is Cc1c(Nc2snc(O)c2C(=N)NCc2ccco2)cncc1C(=O)N1CCc2c(C#N)cc(C#N)cc21. The predicted molar refractivity (Wildman–Crippen MR) is 140 cm³/mol. The van der Waals surface area contributed by atoms with Crippen LogP contribution in [-0.2, 0) is 13.0 Å². The van der Waals surface area contributed by atoms with Crippen LogP contribution in [0.3, 0.4) is 0 Å². The Kier molecular flexibility index (Phi) is 6.47. The molecule has 0 aliphatic carbocycles. The molecular formula is C26H20N8O3S. The maximum absolute atomic E-state index is 13.6. The van der Waals surface area contributed by atoms with E-state index in [1.807, 2.05) is 6.07 Å². The van der Waals surface area contributed by atoms with Gasteiger partial charge in [-0.15, -0.1) is 0 Å². The Morgan fingerprint density at radius 3 is 2.89 bits per heavy atom. The van der Waals surface area contributed by atoms with E-state index >= 15 is 0 Å². The topological polar surface area (TPSA) is 175 Å². The molecule has 3 aromatic heterocycles. The molecule has 1 aliphatic heterocycles. The fourth-order valence-electron chi connectivity index (χ4n) is 4.28. The zero-order chi connectivity index (χ0) is 26.8. The van der Waals surface area contributed by atoms with Crippen molar-refractivity contribution in [1.29, 1.82) is 15.9 Å². The molecule has 4 N–H and O–H groups in total.